The molecule has 2 nitrogen and oxygen atoms in total. The van der Waals surface area contributed by atoms with Crippen LogP contribution in [0.25, 0.3) is 0 Å². The number of allylic oxidation sites excluding steroid dienone is 2. The first kappa shape index (κ1) is 9.20. The number of carbonyl (C=O) groups is 1. The normalized spacial score (nSPS) is 33.7. The summed E-state index contributed by atoms with van der Waals surface area (Å²) < 4.78 is 0. The van der Waals surface area contributed by atoms with Crippen LogP contribution in [0.15, 0.2) is 24.3 Å². The van der Waals surface area contributed by atoms with Crippen LogP contribution in [0.2, 0.25) is 0 Å². The minimum Gasteiger partial charge on any atom is -0.385 e. The number of aliphatic hydroxyl groups is 1. The lowest BCUT2D eigenvalue weighted by Crippen LogP contribution is -2.32. The predicted molar refractivity (Wildman–Crippen MR) is 47.7 cm³/mol. The Hall–Kier alpha value is -0.890. The molecule has 2 heteroatoms. The summed E-state index contributed by atoms with van der Waals surface area (Å²) in [6.45, 7) is 1.77. The third-order valence-electron chi connectivity index (χ3n) is 2.23. The minimum absolute atomic E-state index is 0.0766. The molecule has 0 bridgehead atoms. The lowest BCUT2D eigenvalue weighted by molar-refractivity contribution is -0.108. The van der Waals surface area contributed by atoms with Crippen molar-refractivity contribution in [2.24, 2.45) is 5.92 Å². The first-order valence-electron chi connectivity index (χ1n) is 4.19. The number of hydrogen-bond donors (Lipinski definition) is 1. The van der Waals surface area contributed by atoms with Gasteiger partial charge in [0.1, 0.15) is 6.29 Å². The molecule has 12 heavy (non-hydrogen) atoms. The molecule has 0 aliphatic heterocycles. The van der Waals surface area contributed by atoms with Crippen LogP contribution in [0.1, 0.15) is 19.8 Å². The van der Waals surface area contributed by atoms with E-state index in [1.165, 1.54) is 0 Å². The lowest BCUT2D eigenvalue weighted by atomic mass is 9.82. The van der Waals surface area contributed by atoms with Crippen LogP contribution in [0.3, 0.4) is 0 Å². The van der Waals surface area contributed by atoms with E-state index in [9.17, 15) is 9.90 Å². The van der Waals surface area contributed by atoms with Gasteiger partial charge in [-0.1, -0.05) is 24.3 Å². The number of hydrogen-bond acceptors (Lipinski definition) is 2. The first-order valence-corrected chi connectivity index (χ1v) is 4.19. The molecule has 0 spiro atoms. The number of aldehydes is 1. The van der Waals surface area contributed by atoms with Gasteiger partial charge in [0.2, 0.25) is 0 Å². The molecule has 2 unspecified atom stereocenters. The number of carbonyl (C=O) groups excluding carboxylic acids is 1. The Morgan fingerprint density at radius 2 is 2.33 bits per heavy atom. The second-order valence-electron chi connectivity index (χ2n) is 3.32. The van der Waals surface area contributed by atoms with E-state index in [1.807, 2.05) is 18.2 Å². The fourth-order valence-corrected chi connectivity index (χ4v) is 1.40. The maximum absolute atomic E-state index is 10.1. The molecule has 0 saturated heterocycles. The van der Waals surface area contributed by atoms with Crippen LogP contribution in [-0.2, 0) is 4.79 Å². The Labute approximate surface area is 72.6 Å². The molecule has 0 amide bonds. The van der Waals surface area contributed by atoms with E-state index in [0.29, 0.717) is 6.42 Å². The van der Waals surface area contributed by atoms with E-state index >= 15 is 0 Å². The summed E-state index contributed by atoms with van der Waals surface area (Å²) in [5.74, 6) is 0.0766. The van der Waals surface area contributed by atoms with E-state index in [1.54, 1.807) is 13.0 Å². The molecule has 0 saturated carbocycles. The highest BCUT2D eigenvalue weighted by Crippen LogP contribution is 2.27. The van der Waals surface area contributed by atoms with Crippen molar-refractivity contribution in [1.82, 2.24) is 0 Å². The summed E-state index contributed by atoms with van der Waals surface area (Å²) in [5.41, 5.74) is -0.780. The van der Waals surface area contributed by atoms with Gasteiger partial charge in [-0.05, 0) is 13.3 Å². The summed E-state index contributed by atoms with van der Waals surface area (Å²) in [4.78, 5) is 10.1. The molecule has 0 heterocycles. The molecule has 0 aromatic carbocycles. The van der Waals surface area contributed by atoms with Crippen molar-refractivity contribution in [3.63, 3.8) is 0 Å². The molecule has 0 aromatic heterocycles. The third-order valence-corrected chi connectivity index (χ3v) is 2.23. The Balaban J connectivity index is 2.57. The average Bonchev–Trinajstić information content (AvgIpc) is 2.02. The molecule has 2 atom stereocenters. The second-order valence-corrected chi connectivity index (χ2v) is 3.32. The zero-order chi connectivity index (χ0) is 9.03. The van der Waals surface area contributed by atoms with Gasteiger partial charge >= 0.3 is 0 Å². The summed E-state index contributed by atoms with van der Waals surface area (Å²) in [5, 5.41) is 9.81. The summed E-state index contributed by atoms with van der Waals surface area (Å²) in [6.07, 6.45) is 9.58. The van der Waals surface area contributed by atoms with Crippen molar-refractivity contribution in [3.05, 3.63) is 24.3 Å². The van der Waals surface area contributed by atoms with E-state index in [4.69, 9.17) is 0 Å². The maximum atomic E-state index is 10.1. The molecule has 1 rings (SSSR count). The largest absolute Gasteiger partial charge is 0.385 e. The molecular formula is C10H14O2. The summed E-state index contributed by atoms with van der Waals surface area (Å²) in [7, 11) is 0. The highest BCUT2D eigenvalue weighted by Gasteiger charge is 2.27. The highest BCUT2D eigenvalue weighted by atomic mass is 16.3. The van der Waals surface area contributed by atoms with Crippen LogP contribution in [0, 0.1) is 5.92 Å². The van der Waals surface area contributed by atoms with E-state index in [-0.39, 0.29) is 5.92 Å². The lowest BCUT2D eigenvalue weighted by Gasteiger charge is -2.29. The minimum atomic E-state index is -0.780. The fourth-order valence-electron chi connectivity index (χ4n) is 1.40. The van der Waals surface area contributed by atoms with E-state index in [0.717, 1.165) is 12.7 Å². The van der Waals surface area contributed by atoms with Gasteiger partial charge in [-0.3, -0.25) is 0 Å². The van der Waals surface area contributed by atoms with Gasteiger partial charge < -0.3 is 9.90 Å². The zero-order valence-electron chi connectivity index (χ0n) is 7.23. The summed E-state index contributed by atoms with van der Waals surface area (Å²) in [6, 6.07) is 0. The molecular weight excluding hydrogens is 152 g/mol. The second kappa shape index (κ2) is 3.68. The van der Waals surface area contributed by atoms with E-state index < -0.39 is 5.60 Å². The molecule has 0 fully saturated rings. The van der Waals surface area contributed by atoms with Gasteiger partial charge in [-0.2, -0.15) is 0 Å². The van der Waals surface area contributed by atoms with Gasteiger partial charge in [-0.15, -0.1) is 0 Å². The van der Waals surface area contributed by atoms with Crippen LogP contribution >= 0.6 is 0 Å². The van der Waals surface area contributed by atoms with Crippen LogP contribution in [-0.4, -0.2) is 17.0 Å². The standard InChI is InChI=1S/C10H14O2/c1-10(12)7-3-2-5-9(10)6-4-8-11/h2-3,5,7-9,12H,4,6H2,1H3. The topological polar surface area (TPSA) is 37.3 Å². The smallest absolute Gasteiger partial charge is 0.120 e. The molecule has 1 aliphatic carbocycles. The van der Waals surface area contributed by atoms with Crippen molar-refractivity contribution in [2.75, 3.05) is 0 Å². The molecule has 1 N–H and O–H groups in total. The number of rotatable bonds is 3. The van der Waals surface area contributed by atoms with Gasteiger partial charge in [0.05, 0.1) is 5.60 Å². The first-order chi connectivity index (χ1) is 5.67. The third kappa shape index (κ3) is 2.05. The van der Waals surface area contributed by atoms with Gasteiger partial charge in [0.25, 0.3) is 0 Å². The monoisotopic (exact) mass is 166 g/mol. The van der Waals surface area contributed by atoms with Gasteiger partial charge in [0, 0.05) is 12.3 Å². The maximum Gasteiger partial charge on any atom is 0.120 e. The van der Waals surface area contributed by atoms with Crippen LogP contribution in [0.4, 0.5) is 0 Å². The fraction of sp³-hybridized carbons (Fsp3) is 0.500. The van der Waals surface area contributed by atoms with Crippen molar-refractivity contribution in [3.8, 4) is 0 Å². The molecule has 0 radical (unpaired) electrons. The molecule has 66 valence electrons. The van der Waals surface area contributed by atoms with Gasteiger partial charge in [-0.25, -0.2) is 0 Å². The van der Waals surface area contributed by atoms with Crippen molar-refractivity contribution >= 4 is 6.29 Å². The quantitative estimate of drug-likeness (QED) is 0.644. The Kier molecular flexibility index (Phi) is 2.82. The van der Waals surface area contributed by atoms with Crippen molar-refractivity contribution < 1.29 is 9.90 Å². The summed E-state index contributed by atoms with van der Waals surface area (Å²) >= 11 is 0. The Morgan fingerprint density at radius 1 is 1.58 bits per heavy atom. The predicted octanol–water partition coefficient (Wildman–Crippen LogP) is 1.46. The zero-order valence-corrected chi connectivity index (χ0v) is 7.23. The van der Waals surface area contributed by atoms with Gasteiger partial charge in [0.15, 0.2) is 0 Å². The van der Waals surface area contributed by atoms with Crippen LogP contribution < -0.4 is 0 Å². The van der Waals surface area contributed by atoms with Crippen molar-refractivity contribution in [1.29, 1.82) is 0 Å². The van der Waals surface area contributed by atoms with Crippen molar-refractivity contribution in [2.45, 2.75) is 25.4 Å². The highest BCUT2D eigenvalue weighted by molar-refractivity contribution is 5.49. The molecule has 0 aromatic rings. The SMILES string of the molecule is CC1(O)C=CC=CC1CCC=O. The van der Waals surface area contributed by atoms with Crippen LogP contribution in [0.5, 0.6) is 0 Å². The average molecular weight is 166 g/mol. The Bertz CT molecular complexity index is 214. The van der Waals surface area contributed by atoms with E-state index in [2.05, 4.69) is 0 Å². The molecule has 1 aliphatic rings. The Morgan fingerprint density at radius 3 is 2.92 bits per heavy atom.